The van der Waals surface area contributed by atoms with Crippen molar-refractivity contribution in [2.24, 2.45) is 0 Å². The molecule has 0 aromatic heterocycles. The Kier molecular flexibility index (Phi) is 4.69. The Bertz CT molecular complexity index is 689. The first-order chi connectivity index (χ1) is 11.7. The molecule has 3 rings (SSSR count). The Balaban J connectivity index is 2.02. The van der Waals surface area contributed by atoms with Crippen LogP contribution in [0.2, 0.25) is 0 Å². The molecule has 2 N–H and O–H groups in total. The molecule has 6 heteroatoms. The zero-order valence-corrected chi connectivity index (χ0v) is 13.8. The number of nitrogens with one attached hydrogen (secondary N) is 1. The minimum Gasteiger partial charge on any atom is -0.457 e. The van der Waals surface area contributed by atoms with E-state index < -0.39 is 12.1 Å². The molecule has 126 valence electrons. The van der Waals surface area contributed by atoms with Gasteiger partial charge in [-0.05, 0) is 19.1 Å². The van der Waals surface area contributed by atoms with Crippen LogP contribution in [0.25, 0.3) is 0 Å². The maximum absolute atomic E-state index is 12.7. The Morgan fingerprint density at radius 3 is 2.12 bits per heavy atom. The highest BCUT2D eigenvalue weighted by molar-refractivity contribution is 5.74. The summed E-state index contributed by atoms with van der Waals surface area (Å²) in [4.78, 5) is 12.7. The highest BCUT2D eigenvalue weighted by Crippen LogP contribution is 2.45. The molecular formula is C18H21N3O3. The number of amides is 2. The number of rotatable bonds is 4. The lowest BCUT2D eigenvalue weighted by atomic mass is 9.94. The molecule has 0 bridgehead atoms. The summed E-state index contributed by atoms with van der Waals surface area (Å²) in [5.74, 6) is 1.28. The van der Waals surface area contributed by atoms with Gasteiger partial charge < -0.3 is 4.74 Å². The Morgan fingerprint density at radius 1 is 1.08 bits per heavy atom. The summed E-state index contributed by atoms with van der Waals surface area (Å²) in [7, 11) is 0. The fourth-order valence-corrected chi connectivity index (χ4v) is 2.89. The monoisotopic (exact) mass is 327 g/mol. The number of carbonyl (C=O) groups excluding carboxylic acids is 1. The van der Waals surface area contributed by atoms with E-state index in [0.717, 1.165) is 16.2 Å². The Hall–Kier alpha value is -2.57. The van der Waals surface area contributed by atoms with Gasteiger partial charge in [0.1, 0.15) is 17.5 Å². The summed E-state index contributed by atoms with van der Waals surface area (Å²) in [6.07, 6.45) is 0. The van der Waals surface area contributed by atoms with Crippen molar-refractivity contribution in [3.63, 3.8) is 0 Å². The lowest BCUT2D eigenvalue weighted by Crippen LogP contribution is -2.50. The largest absolute Gasteiger partial charge is 0.457 e. The molecule has 0 aliphatic carbocycles. The molecule has 1 heterocycles. The van der Waals surface area contributed by atoms with Crippen LogP contribution in [-0.4, -0.2) is 34.4 Å². The number of hydrazine groups is 1. The number of ether oxygens (including phenoxy) is 1. The van der Waals surface area contributed by atoms with Crippen LogP contribution in [0.5, 0.6) is 11.5 Å². The van der Waals surface area contributed by atoms with Crippen LogP contribution in [0.3, 0.4) is 0 Å². The van der Waals surface area contributed by atoms with Crippen LogP contribution in [-0.2, 0) is 0 Å². The van der Waals surface area contributed by atoms with Crippen LogP contribution in [0, 0.1) is 0 Å². The topological polar surface area (TPSA) is 65.0 Å². The average molecular weight is 327 g/mol. The molecular weight excluding hydrogens is 306 g/mol. The summed E-state index contributed by atoms with van der Waals surface area (Å²) in [5.41, 5.74) is 4.45. The number of hydrogen-bond donors (Lipinski definition) is 2. The van der Waals surface area contributed by atoms with Gasteiger partial charge in [-0.15, -0.1) is 0 Å². The van der Waals surface area contributed by atoms with Crippen LogP contribution < -0.4 is 10.2 Å². The standard InChI is InChI=1S/C18H21N3O3/c1-3-19-20(4-2)18(22)21(23)17-13-9-5-7-11-15(13)24-16-12-8-6-10-14(16)17/h5-12,17,19,23H,3-4H2,1-2H3. The molecule has 2 aromatic rings. The number of benzene rings is 2. The van der Waals surface area contributed by atoms with Gasteiger partial charge in [0.15, 0.2) is 0 Å². The molecule has 0 saturated carbocycles. The average Bonchev–Trinajstić information content (AvgIpc) is 2.63. The first-order valence-corrected chi connectivity index (χ1v) is 8.06. The zero-order chi connectivity index (χ0) is 17.1. The molecule has 1 aliphatic rings. The zero-order valence-electron chi connectivity index (χ0n) is 13.8. The quantitative estimate of drug-likeness (QED) is 0.666. The van der Waals surface area contributed by atoms with E-state index in [1.165, 1.54) is 5.01 Å². The molecule has 0 unspecified atom stereocenters. The highest BCUT2D eigenvalue weighted by atomic mass is 16.5. The van der Waals surface area contributed by atoms with Gasteiger partial charge in [0.25, 0.3) is 0 Å². The van der Waals surface area contributed by atoms with Crippen LogP contribution in [0.4, 0.5) is 4.79 Å². The van der Waals surface area contributed by atoms with Crippen LogP contribution in [0.15, 0.2) is 48.5 Å². The summed E-state index contributed by atoms with van der Waals surface area (Å²) < 4.78 is 5.89. The second-order valence-corrected chi connectivity index (χ2v) is 5.46. The van der Waals surface area contributed by atoms with E-state index in [2.05, 4.69) is 5.43 Å². The molecule has 6 nitrogen and oxygen atoms in total. The van der Waals surface area contributed by atoms with E-state index >= 15 is 0 Å². The van der Waals surface area contributed by atoms with Crippen molar-refractivity contribution in [2.45, 2.75) is 19.9 Å². The number of hydrogen-bond acceptors (Lipinski definition) is 4. The van der Waals surface area contributed by atoms with E-state index in [9.17, 15) is 10.0 Å². The van der Waals surface area contributed by atoms with E-state index in [-0.39, 0.29) is 0 Å². The fourth-order valence-electron chi connectivity index (χ4n) is 2.89. The van der Waals surface area contributed by atoms with E-state index in [1.54, 1.807) is 0 Å². The third-order valence-electron chi connectivity index (χ3n) is 3.98. The van der Waals surface area contributed by atoms with Gasteiger partial charge in [-0.3, -0.25) is 10.2 Å². The van der Waals surface area contributed by atoms with Crippen molar-refractivity contribution in [2.75, 3.05) is 13.1 Å². The summed E-state index contributed by atoms with van der Waals surface area (Å²) in [6, 6.07) is 13.7. The van der Waals surface area contributed by atoms with Gasteiger partial charge in [0.2, 0.25) is 0 Å². The SMILES string of the molecule is CCNN(CC)C(=O)N(O)C1c2ccccc2Oc2ccccc21. The van der Waals surface area contributed by atoms with Crippen LogP contribution >= 0.6 is 0 Å². The van der Waals surface area contributed by atoms with Crippen molar-refractivity contribution in [1.29, 1.82) is 0 Å². The molecule has 2 amide bonds. The Labute approximate surface area is 141 Å². The molecule has 24 heavy (non-hydrogen) atoms. The third kappa shape index (κ3) is 2.81. The number of hydroxylamine groups is 2. The Morgan fingerprint density at radius 2 is 1.62 bits per heavy atom. The van der Waals surface area contributed by atoms with E-state index in [1.807, 2.05) is 62.4 Å². The predicted molar refractivity (Wildman–Crippen MR) is 89.9 cm³/mol. The summed E-state index contributed by atoms with van der Waals surface area (Å²) in [6.45, 7) is 4.78. The lowest BCUT2D eigenvalue weighted by Gasteiger charge is -2.35. The lowest BCUT2D eigenvalue weighted by molar-refractivity contribution is -0.0857. The molecule has 0 saturated heterocycles. The van der Waals surface area contributed by atoms with Gasteiger partial charge in [0, 0.05) is 24.2 Å². The smallest absolute Gasteiger partial charge is 0.358 e. The number of carbonyl (C=O) groups is 1. The van der Waals surface area contributed by atoms with Crippen molar-refractivity contribution in [1.82, 2.24) is 15.5 Å². The summed E-state index contributed by atoms with van der Waals surface area (Å²) in [5, 5.41) is 12.9. The first kappa shape index (κ1) is 16.3. The predicted octanol–water partition coefficient (Wildman–Crippen LogP) is 3.54. The first-order valence-electron chi connectivity index (χ1n) is 8.06. The number of nitrogens with zero attached hydrogens (tertiary/aromatic N) is 2. The van der Waals surface area contributed by atoms with Crippen molar-refractivity contribution in [3.8, 4) is 11.5 Å². The van der Waals surface area contributed by atoms with E-state index in [0.29, 0.717) is 24.6 Å². The van der Waals surface area contributed by atoms with Crippen molar-refractivity contribution in [3.05, 3.63) is 59.7 Å². The maximum atomic E-state index is 12.7. The minimum atomic E-state index is -0.619. The maximum Gasteiger partial charge on any atom is 0.358 e. The molecule has 0 atom stereocenters. The molecule has 0 fully saturated rings. The molecule has 1 aliphatic heterocycles. The van der Waals surface area contributed by atoms with Gasteiger partial charge in [-0.1, -0.05) is 43.3 Å². The summed E-state index contributed by atoms with van der Waals surface area (Å²) >= 11 is 0. The second kappa shape index (κ2) is 6.90. The van der Waals surface area contributed by atoms with Crippen LogP contribution in [0.1, 0.15) is 31.0 Å². The normalized spacial score (nSPS) is 12.8. The van der Waals surface area contributed by atoms with E-state index in [4.69, 9.17) is 4.74 Å². The van der Waals surface area contributed by atoms with Gasteiger partial charge in [0.05, 0.1) is 0 Å². The third-order valence-corrected chi connectivity index (χ3v) is 3.98. The number of para-hydroxylation sites is 2. The van der Waals surface area contributed by atoms with Gasteiger partial charge >= 0.3 is 6.03 Å². The van der Waals surface area contributed by atoms with Crippen molar-refractivity contribution >= 4 is 6.03 Å². The minimum absolute atomic E-state index is 0.441. The number of fused-ring (bicyclic) bond motifs is 2. The second-order valence-electron chi connectivity index (χ2n) is 5.46. The van der Waals surface area contributed by atoms with Gasteiger partial charge in [-0.2, -0.15) is 5.06 Å². The molecule has 0 spiro atoms. The number of urea groups is 1. The van der Waals surface area contributed by atoms with Crippen molar-refractivity contribution < 1.29 is 14.7 Å². The van der Waals surface area contributed by atoms with Gasteiger partial charge in [-0.25, -0.2) is 10.2 Å². The molecule has 0 radical (unpaired) electrons. The fraction of sp³-hybridized carbons (Fsp3) is 0.278. The highest BCUT2D eigenvalue weighted by Gasteiger charge is 2.35. The molecule has 2 aromatic carbocycles.